The first-order valence-corrected chi connectivity index (χ1v) is 9.99. The summed E-state index contributed by atoms with van der Waals surface area (Å²) in [5.41, 5.74) is 4.81. The van der Waals surface area contributed by atoms with Crippen LogP contribution in [0.25, 0.3) is 11.1 Å². The molecular formula is C23H21ClN2O4. The number of aliphatic hydroxyl groups is 2. The Bertz CT molecular complexity index is 996. The number of nitrogens with zero attached hydrogens (tertiary/aromatic N) is 1. The fourth-order valence-electron chi connectivity index (χ4n) is 3.71. The first-order valence-electron chi connectivity index (χ1n) is 9.61. The molecular weight excluding hydrogens is 404 g/mol. The second-order valence-electron chi connectivity index (χ2n) is 7.12. The summed E-state index contributed by atoms with van der Waals surface area (Å²) in [4.78, 5) is 16.1. The van der Waals surface area contributed by atoms with Gasteiger partial charge in [-0.3, -0.25) is 4.98 Å². The van der Waals surface area contributed by atoms with Gasteiger partial charge < -0.3 is 20.3 Å². The Morgan fingerprint density at radius 2 is 1.67 bits per heavy atom. The molecule has 2 atom stereocenters. The Morgan fingerprint density at radius 3 is 2.27 bits per heavy atom. The minimum atomic E-state index is -1.25. The van der Waals surface area contributed by atoms with Crippen molar-refractivity contribution in [1.29, 1.82) is 0 Å². The van der Waals surface area contributed by atoms with Crippen LogP contribution in [0.1, 0.15) is 28.8 Å². The van der Waals surface area contributed by atoms with Crippen molar-refractivity contribution in [2.45, 2.75) is 18.1 Å². The van der Waals surface area contributed by atoms with E-state index in [2.05, 4.69) is 22.4 Å². The van der Waals surface area contributed by atoms with Crippen molar-refractivity contribution in [2.24, 2.45) is 0 Å². The van der Waals surface area contributed by atoms with Gasteiger partial charge >= 0.3 is 6.09 Å². The summed E-state index contributed by atoms with van der Waals surface area (Å²) in [6.45, 7) is -0.000599. The van der Waals surface area contributed by atoms with Gasteiger partial charge in [-0.15, -0.1) is 0 Å². The highest BCUT2D eigenvalue weighted by molar-refractivity contribution is 6.30. The Morgan fingerprint density at radius 1 is 1.03 bits per heavy atom. The van der Waals surface area contributed by atoms with Crippen LogP contribution in [-0.4, -0.2) is 40.5 Å². The van der Waals surface area contributed by atoms with E-state index in [0.29, 0.717) is 5.02 Å². The lowest BCUT2D eigenvalue weighted by Crippen LogP contribution is -2.36. The number of carbonyl (C=O) groups is 1. The summed E-state index contributed by atoms with van der Waals surface area (Å²) in [6.07, 6.45) is -1.77. The molecule has 3 aromatic rings. The lowest BCUT2D eigenvalue weighted by Gasteiger charge is -2.19. The van der Waals surface area contributed by atoms with Gasteiger partial charge in [-0.05, 0) is 34.4 Å². The molecule has 0 saturated carbocycles. The Balaban J connectivity index is 1.33. The number of carbonyl (C=O) groups excluding carboxylic acids is 1. The average molecular weight is 425 g/mol. The van der Waals surface area contributed by atoms with Gasteiger partial charge in [0.15, 0.2) is 0 Å². The van der Waals surface area contributed by atoms with Crippen molar-refractivity contribution in [3.63, 3.8) is 0 Å². The molecule has 0 aliphatic heterocycles. The SMILES string of the molecule is O=C(NCC(O)C(O)c1ccc(Cl)cn1)OCC1c2ccccc2-c2ccccc21. The van der Waals surface area contributed by atoms with Crippen LogP contribution in [0, 0.1) is 0 Å². The number of benzene rings is 2. The molecule has 2 aromatic carbocycles. The van der Waals surface area contributed by atoms with Crippen molar-refractivity contribution >= 4 is 17.7 Å². The predicted molar refractivity (Wildman–Crippen MR) is 113 cm³/mol. The molecule has 1 aliphatic carbocycles. The molecule has 1 heterocycles. The van der Waals surface area contributed by atoms with Crippen molar-refractivity contribution < 1.29 is 19.7 Å². The van der Waals surface area contributed by atoms with Gasteiger partial charge in [-0.2, -0.15) is 0 Å². The summed E-state index contributed by atoms with van der Waals surface area (Å²) in [5.74, 6) is -0.0445. The number of halogens is 1. The van der Waals surface area contributed by atoms with Crippen LogP contribution in [0.2, 0.25) is 5.02 Å². The Kier molecular flexibility index (Phi) is 5.99. The summed E-state index contributed by atoms with van der Waals surface area (Å²) >= 11 is 5.77. The lowest BCUT2D eigenvalue weighted by molar-refractivity contribution is 0.0161. The zero-order valence-corrected chi connectivity index (χ0v) is 16.8. The minimum Gasteiger partial charge on any atom is -0.449 e. The van der Waals surface area contributed by atoms with E-state index in [4.69, 9.17) is 16.3 Å². The van der Waals surface area contributed by atoms with Crippen molar-refractivity contribution in [2.75, 3.05) is 13.2 Å². The van der Waals surface area contributed by atoms with E-state index in [9.17, 15) is 15.0 Å². The van der Waals surface area contributed by atoms with Gasteiger partial charge in [-0.25, -0.2) is 4.79 Å². The molecule has 0 radical (unpaired) electrons. The molecule has 1 amide bonds. The fourth-order valence-corrected chi connectivity index (χ4v) is 3.82. The number of nitrogens with one attached hydrogen (secondary N) is 1. The predicted octanol–water partition coefficient (Wildman–Crippen LogP) is 3.67. The van der Waals surface area contributed by atoms with E-state index in [1.807, 2.05) is 36.4 Å². The smallest absolute Gasteiger partial charge is 0.407 e. The lowest BCUT2D eigenvalue weighted by atomic mass is 9.98. The van der Waals surface area contributed by atoms with E-state index < -0.39 is 18.3 Å². The minimum absolute atomic E-state index is 0.0445. The second kappa shape index (κ2) is 8.83. The highest BCUT2D eigenvalue weighted by atomic mass is 35.5. The second-order valence-corrected chi connectivity index (χ2v) is 7.56. The maximum atomic E-state index is 12.2. The van der Waals surface area contributed by atoms with Gasteiger partial charge in [0.2, 0.25) is 0 Å². The third kappa shape index (κ3) is 4.16. The number of pyridine rings is 1. The average Bonchev–Trinajstić information content (AvgIpc) is 3.10. The number of aliphatic hydroxyl groups excluding tert-OH is 2. The van der Waals surface area contributed by atoms with Crippen LogP contribution >= 0.6 is 11.6 Å². The number of fused-ring (bicyclic) bond motifs is 3. The number of hydrogen-bond acceptors (Lipinski definition) is 5. The maximum absolute atomic E-state index is 12.2. The van der Waals surface area contributed by atoms with Crippen LogP contribution in [0.3, 0.4) is 0 Å². The number of hydrogen-bond donors (Lipinski definition) is 3. The van der Waals surface area contributed by atoms with E-state index in [0.717, 1.165) is 22.3 Å². The summed E-state index contributed by atoms with van der Waals surface area (Å²) < 4.78 is 5.42. The molecule has 0 bridgehead atoms. The van der Waals surface area contributed by atoms with Gasteiger partial charge in [0.1, 0.15) is 18.8 Å². The molecule has 0 fully saturated rings. The number of alkyl carbamates (subject to hydrolysis) is 1. The fraction of sp³-hybridized carbons (Fsp3) is 0.217. The Hall–Kier alpha value is -2.93. The third-order valence-corrected chi connectivity index (χ3v) is 5.44. The first kappa shape index (κ1) is 20.3. The van der Waals surface area contributed by atoms with Gasteiger partial charge in [-0.1, -0.05) is 60.1 Å². The molecule has 0 spiro atoms. The van der Waals surface area contributed by atoms with Gasteiger partial charge in [0, 0.05) is 18.7 Å². The van der Waals surface area contributed by atoms with E-state index in [1.165, 1.54) is 12.3 Å². The molecule has 2 unspecified atom stereocenters. The third-order valence-electron chi connectivity index (χ3n) is 5.22. The largest absolute Gasteiger partial charge is 0.449 e. The standard InChI is InChI=1S/C23H21ClN2O4/c24-14-9-10-20(25-11-14)22(28)21(27)12-26-23(29)30-13-19-17-7-3-1-5-15(17)16-6-2-4-8-18(16)19/h1-11,19,21-22,27-28H,12-13H2,(H,26,29). The zero-order valence-electron chi connectivity index (χ0n) is 16.0. The van der Waals surface area contributed by atoms with E-state index in [1.54, 1.807) is 6.07 Å². The maximum Gasteiger partial charge on any atom is 0.407 e. The summed E-state index contributed by atoms with van der Waals surface area (Å²) in [7, 11) is 0. The van der Waals surface area contributed by atoms with E-state index >= 15 is 0 Å². The zero-order chi connectivity index (χ0) is 21.1. The molecule has 1 aliphatic rings. The number of aromatic nitrogens is 1. The van der Waals surface area contributed by atoms with Crippen molar-refractivity contribution in [1.82, 2.24) is 10.3 Å². The Labute approximate surface area is 179 Å². The quantitative estimate of drug-likeness (QED) is 0.561. The van der Waals surface area contributed by atoms with Crippen LogP contribution in [0.4, 0.5) is 4.79 Å². The van der Waals surface area contributed by atoms with Crippen LogP contribution < -0.4 is 5.32 Å². The normalized spacial score (nSPS) is 14.5. The molecule has 3 N–H and O–H groups in total. The number of rotatable bonds is 6. The molecule has 1 aromatic heterocycles. The monoisotopic (exact) mass is 424 g/mol. The molecule has 0 saturated heterocycles. The molecule has 4 rings (SSSR count). The molecule has 154 valence electrons. The first-order chi connectivity index (χ1) is 14.5. The van der Waals surface area contributed by atoms with Crippen molar-refractivity contribution in [3.8, 4) is 11.1 Å². The molecule has 7 heteroatoms. The number of amides is 1. The molecule has 30 heavy (non-hydrogen) atoms. The summed E-state index contributed by atoms with van der Waals surface area (Å²) in [6, 6.07) is 19.2. The highest BCUT2D eigenvalue weighted by Crippen LogP contribution is 2.44. The van der Waals surface area contributed by atoms with Crippen LogP contribution in [0.15, 0.2) is 66.9 Å². The highest BCUT2D eigenvalue weighted by Gasteiger charge is 2.29. The van der Waals surface area contributed by atoms with Gasteiger partial charge in [0.05, 0.1) is 10.7 Å². The van der Waals surface area contributed by atoms with Crippen molar-refractivity contribution in [3.05, 3.63) is 88.7 Å². The topological polar surface area (TPSA) is 91.7 Å². The van der Waals surface area contributed by atoms with Gasteiger partial charge in [0.25, 0.3) is 0 Å². The summed E-state index contributed by atoms with van der Waals surface area (Å²) in [5, 5.41) is 23.2. The number of ether oxygens (including phenoxy) is 1. The molecule has 6 nitrogen and oxygen atoms in total. The van der Waals surface area contributed by atoms with Crippen LogP contribution in [-0.2, 0) is 4.74 Å². The van der Waals surface area contributed by atoms with Crippen LogP contribution in [0.5, 0.6) is 0 Å². The van der Waals surface area contributed by atoms with E-state index in [-0.39, 0.29) is 24.8 Å².